The lowest BCUT2D eigenvalue weighted by molar-refractivity contribution is 0.568. The lowest BCUT2D eigenvalue weighted by atomic mass is 10.1. The third-order valence-corrected chi connectivity index (χ3v) is 4.13. The number of hydrogen-bond donors (Lipinski definition) is 1. The molecule has 0 unspecified atom stereocenters. The van der Waals surface area contributed by atoms with Crippen LogP contribution in [0.4, 0.5) is 0 Å². The zero-order valence-corrected chi connectivity index (χ0v) is 13.8. The van der Waals surface area contributed by atoms with Gasteiger partial charge in [-0.1, -0.05) is 49.4 Å². The van der Waals surface area contributed by atoms with E-state index in [0.717, 1.165) is 29.9 Å². The molecule has 0 fully saturated rings. The Balaban J connectivity index is 2.22. The van der Waals surface area contributed by atoms with Gasteiger partial charge in [-0.2, -0.15) is 0 Å². The Morgan fingerprint density at radius 3 is 2.67 bits per heavy atom. The van der Waals surface area contributed by atoms with Crippen molar-refractivity contribution >= 4 is 23.2 Å². The number of imidazole rings is 1. The van der Waals surface area contributed by atoms with Crippen molar-refractivity contribution in [1.29, 1.82) is 0 Å². The summed E-state index contributed by atoms with van der Waals surface area (Å²) >= 11 is 12.2. The Kier molecular flexibility index (Phi) is 6.09. The number of nitrogens with two attached hydrogens (primary N) is 1. The SMILES string of the molecule is CCCCCCn1cnc(-c2ccc(Cl)cc2Cl)c1CN. The third kappa shape index (κ3) is 4.00. The summed E-state index contributed by atoms with van der Waals surface area (Å²) < 4.78 is 2.13. The largest absolute Gasteiger partial charge is 0.333 e. The normalized spacial score (nSPS) is 11.0. The van der Waals surface area contributed by atoms with E-state index in [4.69, 9.17) is 28.9 Å². The predicted octanol–water partition coefficient (Wildman–Crippen LogP) is 4.90. The van der Waals surface area contributed by atoms with Gasteiger partial charge in [0.2, 0.25) is 0 Å². The number of aryl methyl sites for hydroxylation is 1. The average molecular weight is 326 g/mol. The van der Waals surface area contributed by atoms with Crippen molar-refractivity contribution < 1.29 is 0 Å². The standard InChI is InChI=1S/C16H21Cl2N3/c1-2-3-4-5-8-21-11-20-16(15(21)10-19)13-7-6-12(17)9-14(13)18/h6-7,9,11H,2-5,8,10,19H2,1H3. The first-order valence-electron chi connectivity index (χ1n) is 7.36. The van der Waals surface area contributed by atoms with E-state index in [0.29, 0.717) is 16.6 Å². The van der Waals surface area contributed by atoms with Crippen molar-refractivity contribution in [3.63, 3.8) is 0 Å². The maximum Gasteiger partial charge on any atom is 0.0956 e. The minimum absolute atomic E-state index is 0.446. The van der Waals surface area contributed by atoms with E-state index >= 15 is 0 Å². The first-order valence-corrected chi connectivity index (χ1v) is 8.12. The molecule has 114 valence electrons. The molecule has 0 bridgehead atoms. The number of nitrogens with zero attached hydrogens (tertiary/aromatic N) is 2. The van der Waals surface area contributed by atoms with E-state index < -0.39 is 0 Å². The number of rotatable bonds is 7. The van der Waals surface area contributed by atoms with E-state index in [1.54, 1.807) is 6.07 Å². The van der Waals surface area contributed by atoms with Crippen LogP contribution in [-0.2, 0) is 13.1 Å². The number of aromatic nitrogens is 2. The van der Waals surface area contributed by atoms with Gasteiger partial charge in [-0.15, -0.1) is 0 Å². The van der Waals surface area contributed by atoms with E-state index in [-0.39, 0.29) is 0 Å². The van der Waals surface area contributed by atoms with Crippen LogP contribution in [0.5, 0.6) is 0 Å². The average Bonchev–Trinajstić information content (AvgIpc) is 2.86. The lowest BCUT2D eigenvalue weighted by Gasteiger charge is -2.09. The lowest BCUT2D eigenvalue weighted by Crippen LogP contribution is -2.08. The van der Waals surface area contributed by atoms with Gasteiger partial charge in [0, 0.05) is 23.7 Å². The molecule has 0 saturated heterocycles. The topological polar surface area (TPSA) is 43.8 Å². The first kappa shape index (κ1) is 16.3. The summed E-state index contributed by atoms with van der Waals surface area (Å²) in [5, 5.41) is 1.23. The summed E-state index contributed by atoms with van der Waals surface area (Å²) in [6.07, 6.45) is 6.73. The van der Waals surface area contributed by atoms with Gasteiger partial charge in [0.1, 0.15) is 0 Å². The number of benzene rings is 1. The fourth-order valence-corrected chi connectivity index (χ4v) is 2.93. The van der Waals surface area contributed by atoms with Gasteiger partial charge in [-0.05, 0) is 24.6 Å². The van der Waals surface area contributed by atoms with Crippen LogP contribution >= 0.6 is 23.2 Å². The summed E-state index contributed by atoms with van der Waals surface area (Å²) in [5.74, 6) is 0. The Morgan fingerprint density at radius 2 is 2.00 bits per heavy atom. The predicted molar refractivity (Wildman–Crippen MR) is 89.7 cm³/mol. The molecular weight excluding hydrogens is 305 g/mol. The highest BCUT2D eigenvalue weighted by Crippen LogP contribution is 2.31. The highest BCUT2D eigenvalue weighted by molar-refractivity contribution is 6.36. The Hall–Kier alpha value is -1.03. The quantitative estimate of drug-likeness (QED) is 0.736. The molecule has 1 heterocycles. The van der Waals surface area contributed by atoms with Crippen LogP contribution in [0.3, 0.4) is 0 Å². The molecule has 0 saturated carbocycles. The van der Waals surface area contributed by atoms with Crippen molar-refractivity contribution in [2.45, 2.75) is 45.7 Å². The van der Waals surface area contributed by atoms with Gasteiger partial charge in [0.25, 0.3) is 0 Å². The molecule has 1 aromatic carbocycles. The van der Waals surface area contributed by atoms with Gasteiger partial charge >= 0.3 is 0 Å². The maximum atomic E-state index is 6.27. The Morgan fingerprint density at radius 1 is 1.19 bits per heavy atom. The second kappa shape index (κ2) is 7.83. The van der Waals surface area contributed by atoms with Crippen LogP contribution in [0.15, 0.2) is 24.5 Å². The molecule has 0 atom stereocenters. The Labute approximate surface area is 136 Å². The van der Waals surface area contributed by atoms with E-state index in [1.165, 1.54) is 19.3 Å². The zero-order chi connectivity index (χ0) is 15.2. The van der Waals surface area contributed by atoms with Gasteiger partial charge < -0.3 is 10.3 Å². The van der Waals surface area contributed by atoms with Crippen LogP contribution < -0.4 is 5.73 Å². The molecule has 5 heteroatoms. The molecule has 2 aromatic rings. The van der Waals surface area contributed by atoms with Crippen molar-refractivity contribution in [3.05, 3.63) is 40.3 Å². The first-order chi connectivity index (χ1) is 10.2. The van der Waals surface area contributed by atoms with Gasteiger partial charge in [0.15, 0.2) is 0 Å². The van der Waals surface area contributed by atoms with Gasteiger partial charge in [-0.25, -0.2) is 4.98 Å². The molecule has 0 aliphatic heterocycles. The van der Waals surface area contributed by atoms with E-state index in [1.807, 2.05) is 18.5 Å². The summed E-state index contributed by atoms with van der Waals surface area (Å²) in [5.41, 5.74) is 8.68. The molecule has 2 N–H and O–H groups in total. The van der Waals surface area contributed by atoms with Crippen molar-refractivity contribution in [1.82, 2.24) is 9.55 Å². The molecule has 3 nitrogen and oxygen atoms in total. The molecule has 0 radical (unpaired) electrons. The van der Waals surface area contributed by atoms with Crippen LogP contribution in [0.2, 0.25) is 10.0 Å². The molecule has 0 spiro atoms. The van der Waals surface area contributed by atoms with Crippen LogP contribution in [0.25, 0.3) is 11.3 Å². The van der Waals surface area contributed by atoms with Crippen molar-refractivity contribution in [2.75, 3.05) is 0 Å². The van der Waals surface area contributed by atoms with Gasteiger partial charge in [-0.3, -0.25) is 0 Å². The summed E-state index contributed by atoms with van der Waals surface area (Å²) in [6, 6.07) is 5.45. The number of unbranched alkanes of at least 4 members (excludes halogenated alkanes) is 3. The second-order valence-corrected chi connectivity index (χ2v) is 5.97. The zero-order valence-electron chi connectivity index (χ0n) is 12.3. The molecule has 21 heavy (non-hydrogen) atoms. The highest BCUT2D eigenvalue weighted by Gasteiger charge is 2.14. The highest BCUT2D eigenvalue weighted by atomic mass is 35.5. The summed E-state index contributed by atoms with van der Waals surface area (Å²) in [6.45, 7) is 3.61. The Bertz CT molecular complexity index is 593. The third-order valence-electron chi connectivity index (χ3n) is 3.58. The number of hydrogen-bond acceptors (Lipinski definition) is 2. The second-order valence-electron chi connectivity index (χ2n) is 5.12. The minimum Gasteiger partial charge on any atom is -0.333 e. The van der Waals surface area contributed by atoms with Crippen LogP contribution in [-0.4, -0.2) is 9.55 Å². The monoisotopic (exact) mass is 325 g/mol. The van der Waals surface area contributed by atoms with E-state index in [9.17, 15) is 0 Å². The van der Waals surface area contributed by atoms with Crippen LogP contribution in [0, 0.1) is 0 Å². The number of halogens is 2. The molecular formula is C16H21Cl2N3. The molecule has 1 aromatic heterocycles. The molecule has 0 aliphatic carbocycles. The molecule has 0 amide bonds. The smallest absolute Gasteiger partial charge is 0.0956 e. The molecule has 0 aliphatic rings. The van der Waals surface area contributed by atoms with Gasteiger partial charge in [0.05, 0.1) is 22.7 Å². The van der Waals surface area contributed by atoms with Crippen LogP contribution in [0.1, 0.15) is 38.3 Å². The minimum atomic E-state index is 0.446. The fourth-order valence-electron chi connectivity index (χ4n) is 2.43. The molecule has 2 rings (SSSR count). The summed E-state index contributed by atoms with van der Waals surface area (Å²) in [4.78, 5) is 4.50. The maximum absolute atomic E-state index is 6.27. The van der Waals surface area contributed by atoms with E-state index in [2.05, 4.69) is 16.5 Å². The van der Waals surface area contributed by atoms with Crippen molar-refractivity contribution in [2.24, 2.45) is 5.73 Å². The van der Waals surface area contributed by atoms with Crippen molar-refractivity contribution in [3.8, 4) is 11.3 Å². The summed E-state index contributed by atoms with van der Waals surface area (Å²) in [7, 11) is 0. The fraction of sp³-hybridized carbons (Fsp3) is 0.438.